The second-order valence-electron chi connectivity index (χ2n) is 6.92. The second-order valence-corrected chi connectivity index (χ2v) is 6.92. The number of methoxy groups -OCH3 is 2. The van der Waals surface area contributed by atoms with E-state index in [0.29, 0.717) is 11.5 Å². The summed E-state index contributed by atoms with van der Waals surface area (Å²) in [7, 11) is 3.25. The molecule has 144 valence electrons. The van der Waals surface area contributed by atoms with Gasteiger partial charge in [-0.1, -0.05) is 42.5 Å². The van der Waals surface area contributed by atoms with Crippen LogP contribution < -0.4 is 14.8 Å². The minimum atomic E-state index is -0.0753. The Hall–Kier alpha value is -3.21. The summed E-state index contributed by atoms with van der Waals surface area (Å²) in [4.78, 5) is 15.0. The van der Waals surface area contributed by atoms with E-state index >= 15 is 0 Å². The van der Waals surface area contributed by atoms with E-state index in [-0.39, 0.29) is 12.1 Å². The lowest BCUT2D eigenvalue weighted by Gasteiger charge is -2.26. The van der Waals surface area contributed by atoms with Gasteiger partial charge in [0.25, 0.3) is 0 Å². The monoisotopic (exact) mass is 376 g/mol. The van der Waals surface area contributed by atoms with Gasteiger partial charge in [0.2, 0.25) is 0 Å². The fourth-order valence-electron chi connectivity index (χ4n) is 3.94. The SMILES string of the molecule is COc1ccc(C2CCCN2C(=O)Nc2cccc3ccccc23)cc1OC. The summed E-state index contributed by atoms with van der Waals surface area (Å²) in [5.41, 5.74) is 1.89. The van der Waals surface area contributed by atoms with E-state index in [1.165, 1.54) is 0 Å². The summed E-state index contributed by atoms with van der Waals surface area (Å²) in [5, 5.41) is 5.26. The topological polar surface area (TPSA) is 50.8 Å². The van der Waals surface area contributed by atoms with Crippen molar-refractivity contribution in [3.05, 3.63) is 66.2 Å². The van der Waals surface area contributed by atoms with E-state index < -0.39 is 0 Å². The van der Waals surface area contributed by atoms with Gasteiger partial charge in [0, 0.05) is 11.9 Å². The summed E-state index contributed by atoms with van der Waals surface area (Å²) >= 11 is 0. The minimum absolute atomic E-state index is 0.0229. The highest BCUT2D eigenvalue weighted by molar-refractivity contribution is 6.01. The average Bonchev–Trinajstić information content (AvgIpc) is 3.23. The Labute approximate surface area is 164 Å². The van der Waals surface area contributed by atoms with E-state index in [0.717, 1.165) is 41.4 Å². The van der Waals surface area contributed by atoms with E-state index in [1.54, 1.807) is 14.2 Å². The summed E-state index contributed by atoms with van der Waals surface area (Å²) in [6.07, 6.45) is 1.90. The number of hydrogen-bond acceptors (Lipinski definition) is 3. The first-order valence-corrected chi connectivity index (χ1v) is 9.48. The Kier molecular flexibility index (Phi) is 5.06. The first kappa shape index (κ1) is 18.2. The maximum atomic E-state index is 13.1. The molecular formula is C23H24N2O3. The number of rotatable bonds is 4. The van der Waals surface area contributed by atoms with Gasteiger partial charge in [0.15, 0.2) is 11.5 Å². The Bertz CT molecular complexity index is 997. The molecule has 0 bridgehead atoms. The van der Waals surface area contributed by atoms with Gasteiger partial charge in [0.1, 0.15) is 0 Å². The third kappa shape index (κ3) is 3.36. The van der Waals surface area contributed by atoms with Crippen molar-refractivity contribution in [2.75, 3.05) is 26.1 Å². The van der Waals surface area contributed by atoms with Crippen molar-refractivity contribution in [3.8, 4) is 11.5 Å². The molecule has 1 aliphatic heterocycles. The Morgan fingerprint density at radius 2 is 1.79 bits per heavy atom. The molecule has 4 rings (SSSR count). The maximum Gasteiger partial charge on any atom is 0.322 e. The lowest BCUT2D eigenvalue weighted by molar-refractivity contribution is 0.207. The molecule has 0 spiro atoms. The van der Waals surface area contributed by atoms with Crippen LogP contribution in [0.15, 0.2) is 60.7 Å². The highest BCUT2D eigenvalue weighted by atomic mass is 16.5. The van der Waals surface area contributed by atoms with Crippen molar-refractivity contribution < 1.29 is 14.3 Å². The zero-order chi connectivity index (χ0) is 19.5. The number of nitrogens with zero attached hydrogens (tertiary/aromatic N) is 1. The maximum absolute atomic E-state index is 13.1. The third-order valence-corrected chi connectivity index (χ3v) is 5.34. The molecule has 3 aromatic carbocycles. The Morgan fingerprint density at radius 1 is 1.00 bits per heavy atom. The molecule has 2 amide bonds. The highest BCUT2D eigenvalue weighted by Gasteiger charge is 2.30. The van der Waals surface area contributed by atoms with Crippen LogP contribution in [-0.2, 0) is 0 Å². The van der Waals surface area contributed by atoms with Gasteiger partial charge in [-0.2, -0.15) is 0 Å². The number of likely N-dealkylation sites (tertiary alicyclic amines) is 1. The summed E-state index contributed by atoms with van der Waals surface area (Å²) in [6, 6.07) is 19.8. The molecule has 5 nitrogen and oxygen atoms in total. The minimum Gasteiger partial charge on any atom is -0.493 e. The number of ether oxygens (including phenoxy) is 2. The van der Waals surface area contributed by atoms with Crippen LogP contribution in [0.5, 0.6) is 11.5 Å². The Morgan fingerprint density at radius 3 is 2.61 bits per heavy atom. The molecule has 0 saturated carbocycles. The molecule has 5 heteroatoms. The third-order valence-electron chi connectivity index (χ3n) is 5.34. The standard InChI is InChI=1S/C23H24N2O3/c1-27-21-13-12-17(15-22(21)28-2)20-11-6-14-25(20)23(26)24-19-10-5-8-16-7-3-4-9-18(16)19/h3-5,7-10,12-13,15,20H,6,11,14H2,1-2H3,(H,24,26). The lowest BCUT2D eigenvalue weighted by Crippen LogP contribution is -2.34. The molecule has 1 saturated heterocycles. The number of carbonyl (C=O) groups is 1. The smallest absolute Gasteiger partial charge is 0.322 e. The number of anilines is 1. The first-order valence-electron chi connectivity index (χ1n) is 9.48. The fraction of sp³-hybridized carbons (Fsp3) is 0.261. The second kappa shape index (κ2) is 7.80. The summed E-state index contributed by atoms with van der Waals surface area (Å²) < 4.78 is 10.8. The van der Waals surface area contributed by atoms with Gasteiger partial charge in [-0.05, 0) is 42.0 Å². The summed E-state index contributed by atoms with van der Waals surface area (Å²) in [6.45, 7) is 0.732. The van der Waals surface area contributed by atoms with Crippen LogP contribution in [0.1, 0.15) is 24.4 Å². The van der Waals surface area contributed by atoms with Gasteiger partial charge in [0.05, 0.1) is 25.9 Å². The molecule has 0 aromatic heterocycles. The number of amides is 2. The molecule has 1 aliphatic rings. The number of nitrogens with one attached hydrogen (secondary N) is 1. The Balaban J connectivity index is 1.59. The lowest BCUT2D eigenvalue weighted by atomic mass is 10.0. The van der Waals surface area contributed by atoms with Crippen molar-refractivity contribution in [1.82, 2.24) is 4.90 Å². The van der Waals surface area contributed by atoms with Gasteiger partial charge >= 0.3 is 6.03 Å². The van der Waals surface area contributed by atoms with Crippen LogP contribution in [0.25, 0.3) is 10.8 Å². The molecule has 1 unspecified atom stereocenters. The molecule has 3 aromatic rings. The normalized spacial score (nSPS) is 16.2. The highest BCUT2D eigenvalue weighted by Crippen LogP contribution is 2.37. The van der Waals surface area contributed by atoms with Crippen LogP contribution in [0.4, 0.5) is 10.5 Å². The number of benzene rings is 3. The number of hydrogen-bond donors (Lipinski definition) is 1. The van der Waals surface area contributed by atoms with Crippen LogP contribution in [-0.4, -0.2) is 31.7 Å². The van der Waals surface area contributed by atoms with Crippen LogP contribution in [0, 0.1) is 0 Å². The molecule has 1 fully saturated rings. The predicted octanol–water partition coefficient (Wildman–Crippen LogP) is 5.23. The largest absolute Gasteiger partial charge is 0.493 e. The van der Waals surface area contributed by atoms with E-state index in [4.69, 9.17) is 9.47 Å². The van der Waals surface area contributed by atoms with Crippen molar-refractivity contribution in [2.24, 2.45) is 0 Å². The molecule has 28 heavy (non-hydrogen) atoms. The molecule has 0 radical (unpaired) electrons. The summed E-state index contributed by atoms with van der Waals surface area (Å²) in [5.74, 6) is 1.37. The fourth-order valence-corrected chi connectivity index (χ4v) is 3.94. The molecular weight excluding hydrogens is 352 g/mol. The predicted molar refractivity (Wildman–Crippen MR) is 111 cm³/mol. The molecule has 1 atom stereocenters. The van der Waals surface area contributed by atoms with Crippen LogP contribution in [0.2, 0.25) is 0 Å². The first-order chi connectivity index (χ1) is 13.7. The average molecular weight is 376 g/mol. The zero-order valence-corrected chi connectivity index (χ0v) is 16.1. The quantitative estimate of drug-likeness (QED) is 0.679. The van der Waals surface area contributed by atoms with Crippen molar-refractivity contribution in [2.45, 2.75) is 18.9 Å². The van der Waals surface area contributed by atoms with Crippen molar-refractivity contribution in [1.29, 1.82) is 0 Å². The van der Waals surface area contributed by atoms with Crippen LogP contribution in [0.3, 0.4) is 0 Å². The van der Waals surface area contributed by atoms with Gasteiger partial charge in [-0.25, -0.2) is 4.79 Å². The van der Waals surface area contributed by atoms with Crippen molar-refractivity contribution in [3.63, 3.8) is 0 Å². The van der Waals surface area contributed by atoms with E-state index in [2.05, 4.69) is 5.32 Å². The number of carbonyl (C=O) groups excluding carboxylic acids is 1. The zero-order valence-electron chi connectivity index (χ0n) is 16.1. The molecule has 1 N–H and O–H groups in total. The van der Waals surface area contributed by atoms with E-state index in [9.17, 15) is 4.79 Å². The molecule has 1 heterocycles. The van der Waals surface area contributed by atoms with Gasteiger partial charge < -0.3 is 19.7 Å². The number of fused-ring (bicyclic) bond motifs is 1. The van der Waals surface area contributed by atoms with E-state index in [1.807, 2.05) is 65.6 Å². The van der Waals surface area contributed by atoms with Gasteiger partial charge in [-0.3, -0.25) is 0 Å². The number of urea groups is 1. The molecule has 0 aliphatic carbocycles. The van der Waals surface area contributed by atoms with Gasteiger partial charge in [-0.15, -0.1) is 0 Å². The van der Waals surface area contributed by atoms with Crippen LogP contribution >= 0.6 is 0 Å². The van der Waals surface area contributed by atoms with Crippen molar-refractivity contribution >= 4 is 22.5 Å².